The Morgan fingerprint density at radius 1 is 0.701 bits per heavy atom. The Morgan fingerprint density at radius 2 is 1.19 bits per heavy atom. The number of carbonyl (C=O) groups excluding carboxylic acids is 2. The zero-order chi connectivity index (χ0) is 54.0. The van der Waals surface area contributed by atoms with Crippen molar-refractivity contribution >= 4 is 48.0 Å². The summed E-state index contributed by atoms with van der Waals surface area (Å²) in [5, 5.41) is 49.8. The summed E-state index contributed by atoms with van der Waals surface area (Å²) < 4.78 is 19.5. The Labute approximate surface area is 453 Å². The Bertz CT molecular complexity index is 2670. The highest BCUT2D eigenvalue weighted by Crippen LogP contribution is 2.27. The van der Waals surface area contributed by atoms with Crippen molar-refractivity contribution in [1.82, 2.24) is 54.7 Å². The lowest BCUT2D eigenvalue weighted by Gasteiger charge is -2.38. The number of carboxylic acid groups (broad SMARTS) is 1. The molecule has 7 rings (SSSR count). The van der Waals surface area contributed by atoms with E-state index >= 15 is 0 Å². The quantitative estimate of drug-likeness (QED) is 0.0309. The summed E-state index contributed by atoms with van der Waals surface area (Å²) in [5.41, 5.74) is 15.8. The molecule has 2 aromatic carbocycles. The van der Waals surface area contributed by atoms with Crippen molar-refractivity contribution in [2.45, 2.75) is 70.1 Å². The molecule has 0 radical (unpaired) electrons. The molecule has 0 bridgehead atoms. The number of hydrogen-bond donors (Lipinski definition) is 6. The first-order valence-corrected chi connectivity index (χ1v) is 25.7. The van der Waals surface area contributed by atoms with E-state index in [0.29, 0.717) is 121 Å². The minimum absolute atomic E-state index is 0. The minimum Gasteiger partial charge on any atom is -0.508 e. The van der Waals surface area contributed by atoms with Gasteiger partial charge in [-0.05, 0) is 54.2 Å². The fourth-order valence-corrected chi connectivity index (χ4v) is 8.72. The van der Waals surface area contributed by atoms with Crippen molar-refractivity contribution in [3.8, 4) is 23.8 Å². The van der Waals surface area contributed by atoms with Gasteiger partial charge in [-0.1, -0.05) is 60.9 Å². The zero-order valence-corrected chi connectivity index (χ0v) is 44.4. The maximum absolute atomic E-state index is 14.5. The molecule has 2 fully saturated rings. The van der Waals surface area contributed by atoms with Crippen LogP contribution in [0.3, 0.4) is 0 Å². The van der Waals surface area contributed by atoms with Gasteiger partial charge in [-0.15, -0.1) is 29.0 Å². The molecule has 5 atom stereocenters. The van der Waals surface area contributed by atoms with E-state index in [0.717, 1.165) is 17.5 Å². The van der Waals surface area contributed by atoms with Crippen LogP contribution in [0.25, 0.3) is 0 Å². The number of terminal acetylenes is 1. The topological polar surface area (TPSA) is 317 Å². The first kappa shape index (κ1) is 59.0. The molecule has 25 nitrogen and oxygen atoms in total. The summed E-state index contributed by atoms with van der Waals surface area (Å²) in [6.07, 6.45) is 9.85. The second-order valence-electron chi connectivity index (χ2n) is 18.8. The summed E-state index contributed by atoms with van der Waals surface area (Å²) in [6.45, 7) is 9.38. The van der Waals surface area contributed by atoms with E-state index in [1.807, 2.05) is 9.80 Å². The van der Waals surface area contributed by atoms with Crippen molar-refractivity contribution in [3.05, 3.63) is 83.4 Å². The summed E-state index contributed by atoms with van der Waals surface area (Å²) in [4.78, 5) is 62.6. The molecule has 5 heterocycles. The predicted octanol–water partition coefficient (Wildman–Crippen LogP) is 2.16. The third-order valence-corrected chi connectivity index (χ3v) is 13.5. The van der Waals surface area contributed by atoms with Gasteiger partial charge in [0, 0.05) is 71.7 Å². The maximum Gasteiger partial charge on any atom is 0.303 e. The zero-order valence-electron chi connectivity index (χ0n) is 43.5. The van der Waals surface area contributed by atoms with Crippen molar-refractivity contribution in [2.75, 3.05) is 114 Å². The van der Waals surface area contributed by atoms with Crippen LogP contribution in [-0.2, 0) is 41.4 Å². The third-order valence-electron chi connectivity index (χ3n) is 13.5. The van der Waals surface area contributed by atoms with Crippen molar-refractivity contribution in [1.29, 1.82) is 0 Å². The average Bonchev–Trinajstić information content (AvgIpc) is 4.15. The molecule has 0 saturated carbocycles. The summed E-state index contributed by atoms with van der Waals surface area (Å²) >= 11 is 0. The molecule has 416 valence electrons. The van der Waals surface area contributed by atoms with Crippen molar-refractivity contribution in [3.63, 3.8) is 0 Å². The van der Waals surface area contributed by atoms with Gasteiger partial charge in [0.25, 0.3) is 0 Å². The fourth-order valence-electron chi connectivity index (χ4n) is 8.72. The molecule has 2 aliphatic heterocycles. The van der Waals surface area contributed by atoms with Gasteiger partial charge >= 0.3 is 5.97 Å². The van der Waals surface area contributed by atoms with E-state index in [1.165, 1.54) is 4.68 Å². The molecule has 2 amide bonds. The van der Waals surface area contributed by atoms with Gasteiger partial charge in [-0.3, -0.25) is 14.4 Å². The van der Waals surface area contributed by atoms with Crippen LogP contribution < -0.4 is 26.6 Å². The summed E-state index contributed by atoms with van der Waals surface area (Å²) in [6, 6.07) is 10.8. The smallest absolute Gasteiger partial charge is 0.303 e. The number of phenolic OH excluding ortho intramolecular Hbond substituents is 2. The number of amides is 2. The second-order valence-corrected chi connectivity index (χ2v) is 18.8. The summed E-state index contributed by atoms with van der Waals surface area (Å²) in [5.74, 6) is 2.44. The number of carbonyl (C=O) groups is 3. The minimum atomic E-state index is -1.05. The number of nitrogens with two attached hydrogens (primary N) is 2. The highest BCUT2D eigenvalue weighted by molar-refractivity contribution is 5.85. The monoisotopic (exact) mass is 1090 g/mol. The number of aliphatic carboxylic acids is 1. The number of ether oxygens (including phenoxy) is 3. The largest absolute Gasteiger partial charge is 0.508 e. The first-order chi connectivity index (χ1) is 36.8. The van der Waals surface area contributed by atoms with Crippen LogP contribution in [0.2, 0.25) is 0 Å². The maximum atomic E-state index is 14.5. The second kappa shape index (κ2) is 29.3. The van der Waals surface area contributed by atoms with E-state index < -0.39 is 24.1 Å². The Balaban J connectivity index is 0.00000961. The number of aromatic hydroxyl groups is 2. The fraction of sp³-hybridized carbons (Fsp3) is 0.529. The molecular weight excluding hydrogens is 1020 g/mol. The van der Waals surface area contributed by atoms with Gasteiger partial charge in [-0.2, -0.15) is 15.0 Å². The molecule has 5 aromatic rings. The number of halogens is 1. The van der Waals surface area contributed by atoms with Gasteiger partial charge in [-0.25, -0.2) is 9.36 Å². The van der Waals surface area contributed by atoms with Crippen LogP contribution in [0.5, 0.6) is 11.5 Å². The van der Waals surface area contributed by atoms with Crippen LogP contribution >= 0.6 is 12.4 Å². The lowest BCUT2D eigenvalue weighted by molar-refractivity contribution is -0.139. The van der Waals surface area contributed by atoms with E-state index in [2.05, 4.69) is 45.7 Å². The van der Waals surface area contributed by atoms with Crippen LogP contribution in [0.15, 0.2) is 60.9 Å². The van der Waals surface area contributed by atoms with Crippen LogP contribution in [-0.4, -0.2) is 186 Å². The van der Waals surface area contributed by atoms with Crippen molar-refractivity contribution < 1.29 is 43.9 Å². The number of piperazine rings is 2. The number of phenols is 2. The number of hydrogen-bond acceptors (Lipinski definition) is 20. The van der Waals surface area contributed by atoms with E-state index in [9.17, 15) is 29.7 Å². The molecule has 2 unspecified atom stereocenters. The first-order valence-electron chi connectivity index (χ1n) is 25.7. The molecule has 8 N–H and O–H groups in total. The van der Waals surface area contributed by atoms with Crippen molar-refractivity contribution in [2.24, 2.45) is 17.4 Å². The number of nitrogens with one attached hydrogen (secondary N) is 1. The molecule has 2 saturated heterocycles. The van der Waals surface area contributed by atoms with E-state index in [4.69, 9.17) is 47.1 Å². The number of carboxylic acids is 1. The third kappa shape index (κ3) is 16.9. The average molecular weight is 1090 g/mol. The van der Waals surface area contributed by atoms with E-state index in [1.54, 1.807) is 75.4 Å². The molecular formula is C51H71ClN16O9. The van der Waals surface area contributed by atoms with Gasteiger partial charge in [0.2, 0.25) is 29.7 Å². The molecule has 0 spiro atoms. The summed E-state index contributed by atoms with van der Waals surface area (Å²) in [7, 11) is 0. The Kier molecular flexibility index (Phi) is 22.5. The van der Waals surface area contributed by atoms with Crippen LogP contribution in [0.4, 0.5) is 17.8 Å². The molecule has 0 aliphatic carbocycles. The van der Waals surface area contributed by atoms with Crippen LogP contribution in [0, 0.1) is 18.3 Å². The number of nitrogens with zero attached hydrogens (tertiary/aromatic N) is 13. The lowest BCUT2D eigenvalue weighted by Crippen LogP contribution is -2.52. The van der Waals surface area contributed by atoms with Gasteiger partial charge in [0.15, 0.2) is 0 Å². The highest BCUT2D eigenvalue weighted by atomic mass is 35.5. The number of aromatic nitrogens is 9. The standard InChI is InChI=1S/C51H70N16O9.ClH/c1-4-25-74-27-29-76-30-28-75-26-16-54-49-55-50(64-21-17-62(18-22-64)47(72)43(14-15-45(70)71)66-33-41(58-60-66)40(52)31-36-6-10-38(68)11-7-36)57-51(56-49)65-23-19-63(20-24-65)48(73)44(32-37-8-12-39(69)13-9-37)67-34-42(59-61-67)46(53)35(3)5-2;/h1,6-13,33-35,40,43-44,46,68-69H,5,14-32,52-53H2,2-3H3,(H,70,71)(H,54,55,56,57);1H/t35-,40?,43+,44+,46?;/m1./s1. The lowest BCUT2D eigenvalue weighted by atomic mass is 9.98. The van der Waals surface area contributed by atoms with Gasteiger partial charge in [0.1, 0.15) is 30.2 Å². The molecule has 3 aromatic heterocycles. The molecule has 26 heteroatoms. The van der Waals surface area contributed by atoms with Crippen LogP contribution in [0.1, 0.15) is 79.8 Å². The SMILES string of the molecule is C#CCOCCOCCOCCNc1nc(N2CCN(C(=O)[C@H](CCC(=O)O)n3cc(C(N)Cc4ccc(O)cc4)nn3)CC2)nc(N2CCN(C(=O)[C@H](Cc3ccc(O)cc3)n3cc(C(N)[C@H](C)CC)nn3)CC2)n1.Cl. The number of rotatable bonds is 28. The number of anilines is 3. The Morgan fingerprint density at radius 3 is 1.74 bits per heavy atom. The number of benzene rings is 2. The predicted molar refractivity (Wildman–Crippen MR) is 286 cm³/mol. The van der Waals surface area contributed by atoms with Gasteiger partial charge in [0.05, 0.1) is 68.9 Å². The normalized spacial score (nSPS) is 15.7. The molecule has 77 heavy (non-hydrogen) atoms. The van der Waals surface area contributed by atoms with Gasteiger partial charge < -0.3 is 65.9 Å². The highest BCUT2D eigenvalue weighted by Gasteiger charge is 2.34. The Hall–Kier alpha value is -7.21. The van der Waals surface area contributed by atoms with E-state index in [-0.39, 0.29) is 80.2 Å². The molecule has 2 aliphatic rings.